The maximum atomic E-state index is 10.0. The number of aromatic amines is 1. The Balaban J connectivity index is 0.000000187. The van der Waals surface area contributed by atoms with Crippen molar-refractivity contribution in [1.82, 2.24) is 9.97 Å². The van der Waals surface area contributed by atoms with Gasteiger partial charge in [0.15, 0.2) is 0 Å². The van der Waals surface area contributed by atoms with E-state index < -0.39 is 6.09 Å². The van der Waals surface area contributed by atoms with Gasteiger partial charge in [-0.2, -0.15) is 0 Å². The van der Waals surface area contributed by atoms with E-state index in [1.807, 2.05) is 24.5 Å². The molecule has 0 saturated heterocycles. The Labute approximate surface area is 86.8 Å². The van der Waals surface area contributed by atoms with E-state index in [-0.39, 0.29) is 0 Å². The highest BCUT2D eigenvalue weighted by atomic mass is 16.4. The molecule has 5 heteroatoms. The number of hydrogen-bond donors (Lipinski definition) is 3. The van der Waals surface area contributed by atoms with E-state index in [9.17, 15) is 4.79 Å². The summed E-state index contributed by atoms with van der Waals surface area (Å²) in [5.41, 5.74) is 0. The van der Waals surface area contributed by atoms with E-state index >= 15 is 0 Å². The van der Waals surface area contributed by atoms with Gasteiger partial charge in [0.25, 0.3) is 0 Å². The lowest BCUT2D eigenvalue weighted by molar-refractivity contribution is 0.209. The molecule has 2 aromatic heterocycles. The topological polar surface area (TPSA) is 78.0 Å². The van der Waals surface area contributed by atoms with E-state index in [2.05, 4.69) is 15.3 Å². The Morgan fingerprint density at radius 1 is 1.27 bits per heavy atom. The third-order valence-corrected chi connectivity index (χ3v) is 1.40. The summed E-state index contributed by atoms with van der Waals surface area (Å²) >= 11 is 0. The largest absolute Gasteiger partial charge is 0.465 e. The van der Waals surface area contributed by atoms with Crippen molar-refractivity contribution < 1.29 is 9.90 Å². The highest BCUT2D eigenvalue weighted by molar-refractivity contribution is 5.81. The van der Waals surface area contributed by atoms with E-state index in [1.54, 1.807) is 18.2 Å². The molecule has 0 unspecified atom stereocenters. The van der Waals surface area contributed by atoms with Crippen molar-refractivity contribution in [3.63, 3.8) is 0 Å². The zero-order valence-electron chi connectivity index (χ0n) is 7.92. The molecule has 3 N–H and O–H groups in total. The van der Waals surface area contributed by atoms with Crippen LogP contribution in [0.3, 0.4) is 0 Å². The highest BCUT2D eigenvalue weighted by Gasteiger charge is 1.94. The number of hydrogen-bond acceptors (Lipinski definition) is 2. The van der Waals surface area contributed by atoms with Gasteiger partial charge >= 0.3 is 6.09 Å². The van der Waals surface area contributed by atoms with Crippen LogP contribution >= 0.6 is 0 Å². The van der Waals surface area contributed by atoms with E-state index in [1.165, 1.54) is 6.20 Å². The summed E-state index contributed by atoms with van der Waals surface area (Å²) in [7, 11) is 0. The van der Waals surface area contributed by atoms with Crippen LogP contribution in [0.15, 0.2) is 48.9 Å². The van der Waals surface area contributed by atoms with Crippen LogP contribution in [0.5, 0.6) is 0 Å². The number of amides is 1. The Hall–Kier alpha value is -2.30. The van der Waals surface area contributed by atoms with Gasteiger partial charge in [0.05, 0.1) is 0 Å². The van der Waals surface area contributed by atoms with Crippen molar-refractivity contribution in [1.29, 1.82) is 0 Å². The van der Waals surface area contributed by atoms with Crippen molar-refractivity contribution >= 4 is 11.9 Å². The number of nitrogens with one attached hydrogen (secondary N) is 2. The average Bonchev–Trinajstić information content (AvgIpc) is 2.76. The van der Waals surface area contributed by atoms with Gasteiger partial charge in [-0.05, 0) is 24.3 Å². The van der Waals surface area contributed by atoms with Gasteiger partial charge in [-0.1, -0.05) is 6.07 Å². The number of carbonyl (C=O) groups is 1. The molecule has 2 heterocycles. The smallest absolute Gasteiger partial charge is 0.410 e. The maximum absolute atomic E-state index is 10.0. The summed E-state index contributed by atoms with van der Waals surface area (Å²) < 4.78 is 0. The number of anilines is 1. The number of pyridine rings is 1. The summed E-state index contributed by atoms with van der Waals surface area (Å²) in [5.74, 6) is 0.343. The summed E-state index contributed by atoms with van der Waals surface area (Å²) in [6.07, 6.45) is 4.17. The maximum Gasteiger partial charge on any atom is 0.410 e. The summed E-state index contributed by atoms with van der Waals surface area (Å²) in [6, 6.07) is 8.89. The first-order valence-electron chi connectivity index (χ1n) is 4.28. The normalized spacial score (nSPS) is 8.53. The number of nitrogens with zero attached hydrogens (tertiary/aromatic N) is 1. The minimum absolute atomic E-state index is 0.343. The summed E-state index contributed by atoms with van der Waals surface area (Å²) in [6.45, 7) is 0. The molecule has 0 spiro atoms. The molecular weight excluding hydrogens is 194 g/mol. The zero-order chi connectivity index (χ0) is 10.9. The molecule has 0 atom stereocenters. The number of H-pyrrole nitrogens is 1. The fraction of sp³-hybridized carbons (Fsp3) is 0. The van der Waals surface area contributed by atoms with Gasteiger partial charge in [0, 0.05) is 18.6 Å². The molecule has 5 nitrogen and oxygen atoms in total. The highest BCUT2D eigenvalue weighted by Crippen LogP contribution is 1.97. The first-order valence-corrected chi connectivity index (χ1v) is 4.28. The Morgan fingerprint density at radius 3 is 2.40 bits per heavy atom. The van der Waals surface area contributed by atoms with Crippen LogP contribution in [0.2, 0.25) is 0 Å². The molecule has 2 rings (SSSR count). The Kier molecular flexibility index (Phi) is 4.45. The van der Waals surface area contributed by atoms with Crippen LogP contribution < -0.4 is 5.32 Å². The van der Waals surface area contributed by atoms with Crippen LogP contribution in [0.1, 0.15) is 0 Å². The number of aromatic nitrogens is 2. The monoisotopic (exact) mass is 205 g/mol. The van der Waals surface area contributed by atoms with Crippen LogP contribution in [0.25, 0.3) is 0 Å². The molecule has 0 fully saturated rings. The number of rotatable bonds is 1. The molecule has 0 aliphatic rings. The fourth-order valence-corrected chi connectivity index (χ4v) is 0.824. The summed E-state index contributed by atoms with van der Waals surface area (Å²) in [5, 5.41) is 10.3. The van der Waals surface area contributed by atoms with Crippen molar-refractivity contribution in [3.8, 4) is 0 Å². The van der Waals surface area contributed by atoms with Gasteiger partial charge in [0.2, 0.25) is 0 Å². The predicted molar refractivity (Wildman–Crippen MR) is 56.7 cm³/mol. The van der Waals surface area contributed by atoms with Gasteiger partial charge in [-0.25, -0.2) is 9.78 Å². The molecule has 0 aromatic carbocycles. The predicted octanol–water partition coefficient (Wildman–Crippen LogP) is 2.19. The summed E-state index contributed by atoms with van der Waals surface area (Å²) in [4.78, 5) is 16.6. The van der Waals surface area contributed by atoms with Gasteiger partial charge in [0.1, 0.15) is 5.82 Å². The van der Waals surface area contributed by atoms with Gasteiger partial charge in [-0.3, -0.25) is 5.32 Å². The van der Waals surface area contributed by atoms with Crippen LogP contribution in [-0.4, -0.2) is 21.2 Å². The molecule has 0 aliphatic heterocycles. The standard InChI is InChI=1S/C6H6N2O2.C4H5N/c9-6(10)8-5-3-1-2-4-7-5;1-2-4-5-3-1/h1-4H,(H,7,8)(H,9,10);1-5H. The zero-order valence-corrected chi connectivity index (χ0v) is 7.92. The minimum Gasteiger partial charge on any atom is -0.465 e. The van der Waals surface area contributed by atoms with Crippen molar-refractivity contribution in [2.75, 3.05) is 5.32 Å². The molecule has 15 heavy (non-hydrogen) atoms. The Morgan fingerprint density at radius 2 is 2.00 bits per heavy atom. The van der Waals surface area contributed by atoms with Crippen molar-refractivity contribution in [2.45, 2.75) is 0 Å². The average molecular weight is 205 g/mol. The third kappa shape index (κ3) is 5.09. The number of carboxylic acid groups (broad SMARTS) is 1. The molecule has 0 radical (unpaired) electrons. The fourth-order valence-electron chi connectivity index (χ4n) is 0.824. The van der Waals surface area contributed by atoms with Crippen LogP contribution in [-0.2, 0) is 0 Å². The molecule has 0 bridgehead atoms. The second-order valence-corrected chi connectivity index (χ2v) is 2.53. The Bertz CT molecular complexity index is 356. The molecular formula is C10H11N3O2. The van der Waals surface area contributed by atoms with Gasteiger partial charge < -0.3 is 10.1 Å². The minimum atomic E-state index is -1.10. The molecule has 0 saturated carbocycles. The first-order chi connectivity index (χ1) is 7.29. The van der Waals surface area contributed by atoms with E-state index in [4.69, 9.17) is 5.11 Å². The SMILES string of the molecule is O=C(O)Nc1ccccn1.c1cc[nH]c1. The quantitative estimate of drug-likeness (QED) is 0.667. The van der Waals surface area contributed by atoms with E-state index in [0.29, 0.717) is 5.82 Å². The molecule has 78 valence electrons. The second kappa shape index (κ2) is 6.20. The van der Waals surface area contributed by atoms with Crippen molar-refractivity contribution in [2.24, 2.45) is 0 Å². The van der Waals surface area contributed by atoms with Crippen LogP contribution in [0, 0.1) is 0 Å². The molecule has 0 aliphatic carbocycles. The second-order valence-electron chi connectivity index (χ2n) is 2.53. The molecule has 1 amide bonds. The van der Waals surface area contributed by atoms with Gasteiger partial charge in [-0.15, -0.1) is 0 Å². The first kappa shape index (κ1) is 10.8. The lowest BCUT2D eigenvalue weighted by Crippen LogP contribution is -2.07. The lowest BCUT2D eigenvalue weighted by atomic mass is 10.5. The molecule has 2 aromatic rings. The van der Waals surface area contributed by atoms with E-state index in [0.717, 1.165) is 0 Å². The lowest BCUT2D eigenvalue weighted by Gasteiger charge is -1.95. The third-order valence-electron chi connectivity index (χ3n) is 1.40. The van der Waals surface area contributed by atoms with Crippen LogP contribution in [0.4, 0.5) is 10.6 Å². The van der Waals surface area contributed by atoms with Crippen molar-refractivity contribution in [3.05, 3.63) is 48.9 Å².